The first-order valence-corrected chi connectivity index (χ1v) is 14.9. The van der Waals surface area contributed by atoms with Gasteiger partial charge in [0.15, 0.2) is 0 Å². The zero-order valence-electron chi connectivity index (χ0n) is 24.9. The largest absolute Gasteiger partial charge is 0.307 e. The minimum absolute atomic E-state index is 1.14. The van der Waals surface area contributed by atoms with Crippen molar-refractivity contribution in [2.24, 2.45) is 0 Å². The highest BCUT2D eigenvalue weighted by Gasteiger charge is 2.31. The number of hydrogen-bond donors (Lipinski definition) is 1. The number of aryl methyl sites for hydroxylation is 3. The van der Waals surface area contributed by atoms with Crippen LogP contribution in [0.5, 0.6) is 0 Å². The van der Waals surface area contributed by atoms with E-state index in [1.54, 1.807) is 0 Å². The first-order chi connectivity index (χ1) is 19.6. The van der Waals surface area contributed by atoms with Crippen LogP contribution in [0.3, 0.4) is 0 Å². The van der Waals surface area contributed by atoms with E-state index in [0.717, 1.165) is 19.3 Å². The van der Waals surface area contributed by atoms with Gasteiger partial charge in [-0.05, 0) is 37.0 Å². The minimum atomic E-state index is -1.22. The molecule has 0 aliphatic rings. The average Bonchev–Trinajstić information content (AvgIpc) is 3.03. The van der Waals surface area contributed by atoms with Crippen LogP contribution in [0.2, 0.25) is 0 Å². The Morgan fingerprint density at radius 1 is 0.450 bits per heavy atom. The van der Waals surface area contributed by atoms with Crippen molar-refractivity contribution in [3.8, 4) is 0 Å². The molecule has 204 valence electrons. The zero-order chi connectivity index (χ0) is 28.4. The second-order valence-electron chi connectivity index (χ2n) is 10.9. The summed E-state index contributed by atoms with van der Waals surface area (Å²) in [4.78, 5) is 1.45. The fourth-order valence-electron chi connectivity index (χ4n) is 6.37. The Hall–Kier alpha value is -3.88. The average molecular weight is 526 g/mol. The molecule has 0 radical (unpaired) electrons. The monoisotopic (exact) mass is 525 g/mol. The molecule has 0 fully saturated rings. The molecular weight excluding hydrogens is 481 g/mol. The first kappa shape index (κ1) is 29.1. The van der Waals surface area contributed by atoms with E-state index in [1.807, 2.05) is 0 Å². The fraction of sp³-hybridized carbons (Fsp3) is 0.211. The summed E-state index contributed by atoms with van der Waals surface area (Å²) in [6, 6.07) is 48.3. The van der Waals surface area contributed by atoms with Crippen LogP contribution in [-0.2, 0) is 19.3 Å². The zero-order valence-corrected chi connectivity index (χ0v) is 24.9. The molecule has 0 atom stereocenters. The van der Waals surface area contributed by atoms with Crippen molar-refractivity contribution in [1.29, 1.82) is 0 Å². The van der Waals surface area contributed by atoms with Gasteiger partial charge in [0, 0.05) is 11.1 Å². The summed E-state index contributed by atoms with van der Waals surface area (Å²) in [6.07, 6.45) is 2.21. The molecule has 0 amide bonds. The number of rotatable bonds is 8. The second-order valence-corrected chi connectivity index (χ2v) is 10.9. The van der Waals surface area contributed by atoms with Gasteiger partial charge in [-0.2, -0.15) is 21.9 Å². The first-order valence-electron chi connectivity index (χ1n) is 14.9. The quantitative estimate of drug-likeness (QED) is 0.265. The Labute approximate surface area is 242 Å². The molecular formula is C38H44BN. The molecule has 0 saturated heterocycles. The Morgan fingerprint density at radius 2 is 0.750 bits per heavy atom. The maximum Gasteiger partial charge on any atom is 0.137 e. The van der Waals surface area contributed by atoms with Gasteiger partial charge in [-0.15, -0.1) is 0 Å². The van der Waals surface area contributed by atoms with Crippen molar-refractivity contribution in [3.63, 3.8) is 0 Å². The Kier molecular flexibility index (Phi) is 10.2. The lowest BCUT2D eigenvalue weighted by atomic mass is 9.13. The van der Waals surface area contributed by atoms with E-state index in [2.05, 4.69) is 168 Å². The molecule has 40 heavy (non-hydrogen) atoms. The Morgan fingerprint density at radius 3 is 0.975 bits per heavy atom. The van der Waals surface area contributed by atoms with Crippen molar-refractivity contribution in [1.82, 2.24) is 0 Å². The van der Waals surface area contributed by atoms with Crippen LogP contribution in [0.15, 0.2) is 133 Å². The third kappa shape index (κ3) is 6.13. The number of nitrogens with one attached hydrogen (secondary N) is 1. The lowest BCUT2D eigenvalue weighted by Crippen LogP contribution is -3.00. The Bertz CT molecular complexity index is 1260. The summed E-state index contributed by atoms with van der Waals surface area (Å²) in [7, 11) is 4.44. The van der Waals surface area contributed by atoms with Gasteiger partial charge in [0.05, 0.1) is 14.1 Å². The SMILES string of the molecule is CCc1cc(CC)c([NH+](C)C)c(CC)c1.c1ccc([B-](c2ccccc2)(c2ccccc2)c2ccccc2)cc1. The summed E-state index contributed by atoms with van der Waals surface area (Å²) in [5.41, 5.74) is 11.4. The predicted octanol–water partition coefficient (Wildman–Crippen LogP) is 5.21. The van der Waals surface area contributed by atoms with E-state index in [-0.39, 0.29) is 0 Å². The highest BCUT2D eigenvalue weighted by molar-refractivity contribution is 7.19. The summed E-state index contributed by atoms with van der Waals surface area (Å²) in [6.45, 7) is 6.73. The van der Waals surface area contributed by atoms with Crippen molar-refractivity contribution in [3.05, 3.63) is 150 Å². The highest BCUT2D eigenvalue weighted by Crippen LogP contribution is 2.21. The molecule has 1 nitrogen and oxygen atoms in total. The van der Waals surface area contributed by atoms with Gasteiger partial charge in [-0.3, -0.25) is 0 Å². The van der Waals surface area contributed by atoms with Crippen LogP contribution in [0.4, 0.5) is 5.69 Å². The molecule has 5 aromatic carbocycles. The van der Waals surface area contributed by atoms with Crippen LogP contribution in [0, 0.1) is 0 Å². The molecule has 0 bridgehead atoms. The van der Waals surface area contributed by atoms with Gasteiger partial charge in [0.2, 0.25) is 0 Å². The standard InChI is InChI=1S/C24H20B.C14H23N/c1-5-13-21(14-6-1)25(22-15-7-2-8-16-22,23-17-9-3-10-18-23)24-19-11-4-12-20-24;1-6-11-9-12(7-2)14(15(4)5)13(8-3)10-11/h1-20H;9-10H,6-8H2,1-5H3/q-1;/p+1. The topological polar surface area (TPSA) is 4.44 Å². The molecule has 2 heteroatoms. The van der Waals surface area contributed by atoms with E-state index >= 15 is 0 Å². The van der Waals surface area contributed by atoms with E-state index in [1.165, 1.54) is 49.1 Å². The Balaban J connectivity index is 0.000000212. The third-order valence-electron chi connectivity index (χ3n) is 8.23. The van der Waals surface area contributed by atoms with Crippen molar-refractivity contribution >= 4 is 33.7 Å². The number of benzene rings is 5. The van der Waals surface area contributed by atoms with Gasteiger partial charge in [-0.25, -0.2) is 0 Å². The number of quaternary nitrogens is 1. The lowest BCUT2D eigenvalue weighted by molar-refractivity contribution is -0.787. The normalized spacial score (nSPS) is 11.2. The van der Waals surface area contributed by atoms with Crippen molar-refractivity contribution < 1.29 is 4.90 Å². The van der Waals surface area contributed by atoms with Crippen molar-refractivity contribution in [2.45, 2.75) is 40.0 Å². The highest BCUT2D eigenvalue weighted by atomic mass is 15.1. The summed E-state index contributed by atoms with van der Waals surface area (Å²) in [5, 5.41) is 0. The van der Waals surface area contributed by atoms with Crippen molar-refractivity contribution in [2.75, 3.05) is 14.1 Å². The molecule has 0 aromatic heterocycles. The van der Waals surface area contributed by atoms with E-state index in [9.17, 15) is 0 Å². The van der Waals surface area contributed by atoms with Gasteiger partial charge < -0.3 is 4.90 Å². The molecule has 0 spiro atoms. The smallest absolute Gasteiger partial charge is 0.137 e. The maximum absolute atomic E-state index is 2.38. The van der Waals surface area contributed by atoms with Crippen LogP contribution >= 0.6 is 0 Å². The van der Waals surface area contributed by atoms with Crippen LogP contribution in [-0.4, -0.2) is 20.2 Å². The maximum atomic E-state index is 2.38. The summed E-state index contributed by atoms with van der Waals surface area (Å²) < 4.78 is 0. The molecule has 0 aliphatic carbocycles. The summed E-state index contributed by atoms with van der Waals surface area (Å²) in [5.74, 6) is 0. The molecule has 0 unspecified atom stereocenters. The molecule has 5 aromatic rings. The van der Waals surface area contributed by atoms with E-state index < -0.39 is 6.15 Å². The molecule has 0 aliphatic heterocycles. The second kappa shape index (κ2) is 14.0. The molecule has 5 rings (SSSR count). The van der Waals surface area contributed by atoms with Gasteiger partial charge >= 0.3 is 0 Å². The lowest BCUT2D eigenvalue weighted by Gasteiger charge is -2.44. The van der Waals surface area contributed by atoms with Crippen LogP contribution in [0.25, 0.3) is 0 Å². The van der Waals surface area contributed by atoms with Crippen LogP contribution in [0.1, 0.15) is 37.5 Å². The fourth-order valence-corrected chi connectivity index (χ4v) is 6.37. The minimum Gasteiger partial charge on any atom is -0.307 e. The van der Waals surface area contributed by atoms with E-state index in [0.29, 0.717) is 0 Å². The molecule has 0 saturated carbocycles. The summed E-state index contributed by atoms with van der Waals surface area (Å²) >= 11 is 0. The third-order valence-corrected chi connectivity index (χ3v) is 8.23. The van der Waals surface area contributed by atoms with Gasteiger partial charge in [0.1, 0.15) is 11.8 Å². The molecule has 1 N–H and O–H groups in total. The van der Waals surface area contributed by atoms with Gasteiger partial charge in [0.25, 0.3) is 0 Å². The van der Waals surface area contributed by atoms with E-state index in [4.69, 9.17) is 0 Å². The number of hydrogen-bond acceptors (Lipinski definition) is 0. The predicted molar refractivity (Wildman–Crippen MR) is 177 cm³/mol. The van der Waals surface area contributed by atoms with Gasteiger partial charge in [-0.1, -0.05) is 142 Å². The van der Waals surface area contributed by atoms with Crippen LogP contribution < -0.4 is 26.8 Å². The molecule has 0 heterocycles.